The summed E-state index contributed by atoms with van der Waals surface area (Å²) >= 11 is 0. The minimum atomic E-state index is -0.815. The Morgan fingerprint density at radius 2 is 1.90 bits per heavy atom. The van der Waals surface area contributed by atoms with Gasteiger partial charge in [-0.2, -0.15) is 4.52 Å². The van der Waals surface area contributed by atoms with E-state index >= 15 is 0 Å². The molecule has 2 aromatic heterocycles. The van der Waals surface area contributed by atoms with E-state index in [0.717, 1.165) is 82.1 Å². The summed E-state index contributed by atoms with van der Waals surface area (Å²) in [5.74, 6) is 2.33. The summed E-state index contributed by atoms with van der Waals surface area (Å²) in [6.07, 6.45) is 5.87. The van der Waals surface area contributed by atoms with Crippen molar-refractivity contribution in [2.45, 2.75) is 57.0 Å². The highest BCUT2D eigenvalue weighted by atomic mass is 16.3. The zero-order chi connectivity index (χ0) is 21.4. The number of carbonyl (C=O) groups excluding carboxylic acids is 1. The average Bonchev–Trinajstić information content (AvgIpc) is 3.02. The Kier molecular flexibility index (Phi) is 5.56. The van der Waals surface area contributed by atoms with Gasteiger partial charge in [-0.1, -0.05) is 0 Å². The van der Waals surface area contributed by atoms with Gasteiger partial charge in [0, 0.05) is 39.0 Å². The first kappa shape index (κ1) is 20.6. The summed E-state index contributed by atoms with van der Waals surface area (Å²) in [5, 5.41) is 24.9. The van der Waals surface area contributed by atoms with Gasteiger partial charge in [0.05, 0.1) is 12.1 Å². The highest BCUT2D eigenvalue weighted by molar-refractivity contribution is 5.73. The molecule has 9 nitrogen and oxygen atoms in total. The molecule has 0 aliphatic carbocycles. The van der Waals surface area contributed by atoms with Gasteiger partial charge in [-0.3, -0.25) is 4.79 Å². The van der Waals surface area contributed by atoms with Crippen LogP contribution >= 0.6 is 0 Å². The molecule has 5 rings (SSSR count). The van der Waals surface area contributed by atoms with Crippen molar-refractivity contribution in [2.75, 3.05) is 50.7 Å². The van der Waals surface area contributed by atoms with Crippen molar-refractivity contribution in [3.63, 3.8) is 0 Å². The maximum Gasteiger partial charge on any atom is 0.219 e. The van der Waals surface area contributed by atoms with Gasteiger partial charge in [0.25, 0.3) is 0 Å². The van der Waals surface area contributed by atoms with Gasteiger partial charge in [-0.05, 0) is 63.7 Å². The molecular weight excluding hydrogens is 394 g/mol. The fourth-order valence-corrected chi connectivity index (χ4v) is 5.20. The molecule has 5 heterocycles. The monoisotopic (exact) mass is 427 g/mol. The van der Waals surface area contributed by atoms with Crippen molar-refractivity contribution in [2.24, 2.45) is 0 Å². The summed E-state index contributed by atoms with van der Waals surface area (Å²) < 4.78 is 1.93. The number of piperidine rings is 1. The van der Waals surface area contributed by atoms with Crippen molar-refractivity contribution in [3.05, 3.63) is 18.0 Å². The normalized spacial score (nSPS) is 26.1. The number of fused-ring (bicyclic) bond motifs is 1. The maximum atomic E-state index is 11.9. The van der Waals surface area contributed by atoms with Crippen LogP contribution in [0.2, 0.25) is 0 Å². The second kappa shape index (κ2) is 8.35. The number of amides is 1. The molecule has 1 amide bonds. The van der Waals surface area contributed by atoms with E-state index in [1.807, 2.05) is 21.5 Å². The Morgan fingerprint density at radius 1 is 1.10 bits per heavy atom. The summed E-state index contributed by atoms with van der Waals surface area (Å²) in [6, 6.07) is 4.04. The number of aliphatic hydroxyl groups is 1. The standard InChI is InChI=1S/C22H33N7O2/c1-17(30)28-10-3-2-9-22(31,16-28)15-26-13-7-18(8-14-26)21-24-23-19-5-6-20(25-29(19)21)27-11-4-12-27/h5-6,18,31H,2-4,7-16H2,1H3. The molecule has 3 aliphatic rings. The molecule has 0 saturated carbocycles. The zero-order valence-corrected chi connectivity index (χ0v) is 18.4. The number of carbonyl (C=O) groups is 1. The van der Waals surface area contributed by atoms with E-state index in [1.54, 1.807) is 6.92 Å². The smallest absolute Gasteiger partial charge is 0.219 e. The van der Waals surface area contributed by atoms with Gasteiger partial charge < -0.3 is 19.8 Å². The van der Waals surface area contributed by atoms with E-state index in [0.29, 0.717) is 19.0 Å². The molecule has 0 bridgehead atoms. The molecule has 31 heavy (non-hydrogen) atoms. The lowest BCUT2D eigenvalue weighted by Crippen LogP contribution is -2.52. The van der Waals surface area contributed by atoms with Crippen LogP contribution in [0.3, 0.4) is 0 Å². The van der Waals surface area contributed by atoms with Crippen LogP contribution in [0.25, 0.3) is 5.65 Å². The number of aromatic nitrogens is 4. The summed E-state index contributed by atoms with van der Waals surface area (Å²) in [6.45, 7) is 7.38. The van der Waals surface area contributed by atoms with Crippen LogP contribution in [-0.4, -0.2) is 92.0 Å². The van der Waals surface area contributed by atoms with Crippen LogP contribution in [0.15, 0.2) is 12.1 Å². The van der Waals surface area contributed by atoms with Gasteiger partial charge in [-0.25, -0.2) is 0 Å². The first-order valence-corrected chi connectivity index (χ1v) is 11.7. The number of nitrogens with zero attached hydrogens (tertiary/aromatic N) is 7. The fraction of sp³-hybridized carbons (Fsp3) is 0.727. The Hall–Kier alpha value is -2.26. The summed E-state index contributed by atoms with van der Waals surface area (Å²) in [4.78, 5) is 18.3. The molecule has 3 saturated heterocycles. The molecule has 3 aliphatic heterocycles. The fourth-order valence-electron chi connectivity index (χ4n) is 5.20. The third-order valence-electron chi connectivity index (χ3n) is 7.17. The van der Waals surface area contributed by atoms with E-state index in [4.69, 9.17) is 5.10 Å². The quantitative estimate of drug-likeness (QED) is 0.786. The van der Waals surface area contributed by atoms with E-state index in [1.165, 1.54) is 6.42 Å². The van der Waals surface area contributed by atoms with Crippen LogP contribution < -0.4 is 4.90 Å². The number of rotatable bonds is 4. The van der Waals surface area contributed by atoms with Gasteiger partial charge in [-0.15, -0.1) is 15.3 Å². The Morgan fingerprint density at radius 3 is 2.61 bits per heavy atom. The van der Waals surface area contributed by atoms with Gasteiger partial charge in [0.2, 0.25) is 5.91 Å². The average molecular weight is 428 g/mol. The first-order valence-electron chi connectivity index (χ1n) is 11.7. The summed E-state index contributed by atoms with van der Waals surface area (Å²) in [7, 11) is 0. The molecule has 2 aromatic rings. The molecule has 0 spiro atoms. The van der Waals surface area contributed by atoms with Crippen molar-refractivity contribution in [1.29, 1.82) is 0 Å². The Balaban J connectivity index is 1.24. The number of hydrogen-bond donors (Lipinski definition) is 1. The van der Waals surface area contributed by atoms with Crippen LogP contribution in [-0.2, 0) is 4.79 Å². The van der Waals surface area contributed by atoms with Crippen LogP contribution in [0.5, 0.6) is 0 Å². The molecule has 1 atom stereocenters. The molecule has 168 valence electrons. The number of anilines is 1. The van der Waals surface area contributed by atoms with E-state index < -0.39 is 5.60 Å². The third kappa shape index (κ3) is 4.25. The van der Waals surface area contributed by atoms with Crippen LogP contribution in [0.1, 0.15) is 57.2 Å². The first-order chi connectivity index (χ1) is 15.0. The molecule has 9 heteroatoms. The molecule has 1 unspecified atom stereocenters. The topological polar surface area (TPSA) is 90.1 Å². The zero-order valence-electron chi connectivity index (χ0n) is 18.4. The lowest BCUT2D eigenvalue weighted by atomic mass is 9.92. The third-order valence-corrected chi connectivity index (χ3v) is 7.17. The number of hydrogen-bond acceptors (Lipinski definition) is 7. The Labute approximate surface area is 183 Å². The van der Waals surface area contributed by atoms with E-state index in [-0.39, 0.29) is 5.91 Å². The summed E-state index contributed by atoms with van der Waals surface area (Å²) in [5.41, 5.74) is -0.0108. The number of β-amino-alcohol motifs (C(OH)–C–C–N with tert-alkyl or cyclic N) is 1. The number of likely N-dealkylation sites (tertiary alicyclic amines) is 2. The largest absolute Gasteiger partial charge is 0.387 e. The highest BCUT2D eigenvalue weighted by Gasteiger charge is 2.36. The predicted octanol–water partition coefficient (Wildman–Crippen LogP) is 1.28. The predicted molar refractivity (Wildman–Crippen MR) is 117 cm³/mol. The SMILES string of the molecule is CC(=O)N1CCCCC(O)(CN2CCC(c3nnc4ccc(N5CCC5)nn34)CC2)C1. The van der Waals surface area contributed by atoms with Crippen molar-refractivity contribution >= 4 is 17.4 Å². The second-order valence-electron chi connectivity index (χ2n) is 9.53. The molecule has 3 fully saturated rings. The lowest BCUT2D eigenvalue weighted by molar-refractivity contribution is -0.132. The lowest BCUT2D eigenvalue weighted by Gasteiger charge is -2.39. The Bertz CT molecular complexity index is 935. The minimum Gasteiger partial charge on any atom is -0.387 e. The molecule has 0 radical (unpaired) electrons. The van der Waals surface area contributed by atoms with Gasteiger partial charge >= 0.3 is 0 Å². The molecular formula is C22H33N7O2. The maximum absolute atomic E-state index is 11.9. The second-order valence-corrected chi connectivity index (χ2v) is 9.53. The van der Waals surface area contributed by atoms with Crippen LogP contribution in [0.4, 0.5) is 5.82 Å². The van der Waals surface area contributed by atoms with Crippen molar-refractivity contribution < 1.29 is 9.90 Å². The van der Waals surface area contributed by atoms with Gasteiger partial charge in [0.1, 0.15) is 5.82 Å². The molecule has 0 aromatic carbocycles. The van der Waals surface area contributed by atoms with Crippen molar-refractivity contribution in [1.82, 2.24) is 29.6 Å². The van der Waals surface area contributed by atoms with Crippen LogP contribution in [0, 0.1) is 0 Å². The van der Waals surface area contributed by atoms with Gasteiger partial charge in [0.15, 0.2) is 11.5 Å². The van der Waals surface area contributed by atoms with E-state index in [9.17, 15) is 9.90 Å². The van der Waals surface area contributed by atoms with Crippen molar-refractivity contribution in [3.8, 4) is 0 Å². The molecule has 1 N–H and O–H groups in total. The van der Waals surface area contributed by atoms with E-state index in [2.05, 4.69) is 20.0 Å². The minimum absolute atomic E-state index is 0.0582. The highest BCUT2D eigenvalue weighted by Crippen LogP contribution is 2.30.